The molecule has 0 spiro atoms. The Morgan fingerprint density at radius 3 is 2.78 bits per heavy atom. The standard InChI is InChI=1S/C12H18N6/c1-3-5-6-10-15-11(14-4-2)17-12(16-10)18-8-7-13-9-18/h7-9H,3-6H2,1-2H3,(H,14,15,16,17). The average molecular weight is 246 g/mol. The van der Waals surface area contributed by atoms with E-state index in [4.69, 9.17) is 0 Å². The van der Waals surface area contributed by atoms with Gasteiger partial charge in [0, 0.05) is 25.4 Å². The highest BCUT2D eigenvalue weighted by atomic mass is 15.2. The van der Waals surface area contributed by atoms with Gasteiger partial charge in [-0.15, -0.1) is 0 Å². The molecule has 0 aliphatic carbocycles. The summed E-state index contributed by atoms with van der Waals surface area (Å²) in [4.78, 5) is 17.2. The molecule has 6 nitrogen and oxygen atoms in total. The summed E-state index contributed by atoms with van der Waals surface area (Å²) in [6.07, 6.45) is 8.31. The molecule has 6 heteroatoms. The maximum Gasteiger partial charge on any atom is 0.239 e. The summed E-state index contributed by atoms with van der Waals surface area (Å²) >= 11 is 0. The van der Waals surface area contributed by atoms with E-state index in [1.807, 2.05) is 13.1 Å². The molecule has 0 aliphatic heterocycles. The lowest BCUT2D eigenvalue weighted by Gasteiger charge is -2.07. The van der Waals surface area contributed by atoms with Gasteiger partial charge in [-0.1, -0.05) is 13.3 Å². The van der Waals surface area contributed by atoms with E-state index >= 15 is 0 Å². The maximum absolute atomic E-state index is 4.46. The zero-order valence-electron chi connectivity index (χ0n) is 10.8. The van der Waals surface area contributed by atoms with Gasteiger partial charge < -0.3 is 5.32 Å². The van der Waals surface area contributed by atoms with Crippen LogP contribution in [0.15, 0.2) is 18.7 Å². The predicted molar refractivity (Wildman–Crippen MR) is 69.7 cm³/mol. The molecule has 18 heavy (non-hydrogen) atoms. The van der Waals surface area contributed by atoms with Crippen LogP contribution in [0.3, 0.4) is 0 Å². The SMILES string of the molecule is CCCCc1nc(NCC)nc(-n2ccnc2)n1. The Morgan fingerprint density at radius 1 is 1.22 bits per heavy atom. The Balaban J connectivity index is 2.30. The number of imidazole rings is 1. The van der Waals surface area contributed by atoms with Crippen LogP contribution in [0.25, 0.3) is 5.95 Å². The fourth-order valence-electron chi connectivity index (χ4n) is 1.58. The van der Waals surface area contributed by atoms with Crippen molar-refractivity contribution in [2.75, 3.05) is 11.9 Å². The summed E-state index contributed by atoms with van der Waals surface area (Å²) in [6, 6.07) is 0. The fourth-order valence-corrected chi connectivity index (χ4v) is 1.58. The summed E-state index contributed by atoms with van der Waals surface area (Å²) in [5.74, 6) is 2.07. The van der Waals surface area contributed by atoms with E-state index in [-0.39, 0.29) is 0 Å². The Bertz CT molecular complexity index is 479. The van der Waals surface area contributed by atoms with Crippen LogP contribution in [-0.4, -0.2) is 31.0 Å². The van der Waals surface area contributed by atoms with Gasteiger partial charge in [0.05, 0.1) is 0 Å². The van der Waals surface area contributed by atoms with Gasteiger partial charge in [0.2, 0.25) is 11.9 Å². The van der Waals surface area contributed by atoms with Crippen LogP contribution in [0.2, 0.25) is 0 Å². The summed E-state index contributed by atoms with van der Waals surface area (Å²) in [5, 5.41) is 3.13. The second-order valence-corrected chi connectivity index (χ2v) is 3.98. The van der Waals surface area contributed by atoms with Crippen molar-refractivity contribution in [3.8, 4) is 5.95 Å². The van der Waals surface area contributed by atoms with E-state index in [0.29, 0.717) is 11.9 Å². The highest BCUT2D eigenvalue weighted by Crippen LogP contribution is 2.08. The van der Waals surface area contributed by atoms with Gasteiger partial charge in [0.1, 0.15) is 12.2 Å². The lowest BCUT2D eigenvalue weighted by Crippen LogP contribution is -2.10. The molecule has 0 bridgehead atoms. The van der Waals surface area contributed by atoms with Crippen LogP contribution in [-0.2, 0) is 6.42 Å². The van der Waals surface area contributed by atoms with Gasteiger partial charge >= 0.3 is 0 Å². The van der Waals surface area contributed by atoms with E-state index in [2.05, 4.69) is 32.2 Å². The second-order valence-electron chi connectivity index (χ2n) is 3.98. The summed E-state index contributed by atoms with van der Waals surface area (Å²) in [7, 11) is 0. The van der Waals surface area contributed by atoms with Crippen LogP contribution in [0.1, 0.15) is 32.5 Å². The Labute approximate surface area is 107 Å². The van der Waals surface area contributed by atoms with Crippen molar-refractivity contribution in [2.45, 2.75) is 33.1 Å². The largest absolute Gasteiger partial charge is 0.354 e. The number of hydrogen-bond acceptors (Lipinski definition) is 5. The molecule has 0 atom stereocenters. The van der Waals surface area contributed by atoms with Gasteiger partial charge in [-0.2, -0.15) is 15.0 Å². The minimum absolute atomic E-state index is 0.615. The zero-order valence-corrected chi connectivity index (χ0v) is 10.8. The molecule has 1 N–H and O–H groups in total. The van der Waals surface area contributed by atoms with Crippen LogP contribution < -0.4 is 5.32 Å². The van der Waals surface area contributed by atoms with Crippen molar-refractivity contribution in [3.63, 3.8) is 0 Å². The van der Waals surface area contributed by atoms with E-state index in [1.54, 1.807) is 17.1 Å². The average Bonchev–Trinajstić information content (AvgIpc) is 2.90. The molecule has 0 saturated carbocycles. The molecule has 0 saturated heterocycles. The third-order valence-corrected chi connectivity index (χ3v) is 2.49. The van der Waals surface area contributed by atoms with Crippen LogP contribution in [0.5, 0.6) is 0 Å². The molecule has 0 radical (unpaired) electrons. The van der Waals surface area contributed by atoms with E-state index in [1.165, 1.54) is 0 Å². The molecule has 96 valence electrons. The quantitative estimate of drug-likeness (QED) is 0.842. The van der Waals surface area contributed by atoms with Crippen LogP contribution in [0, 0.1) is 0 Å². The topological polar surface area (TPSA) is 68.5 Å². The van der Waals surface area contributed by atoms with E-state index in [9.17, 15) is 0 Å². The summed E-state index contributed by atoms with van der Waals surface area (Å²) < 4.78 is 1.79. The molecule has 2 aromatic heterocycles. The first-order valence-corrected chi connectivity index (χ1v) is 6.30. The first-order chi connectivity index (χ1) is 8.83. The lowest BCUT2D eigenvalue weighted by atomic mass is 10.2. The molecular formula is C12H18N6. The smallest absolute Gasteiger partial charge is 0.239 e. The first-order valence-electron chi connectivity index (χ1n) is 6.30. The number of hydrogen-bond donors (Lipinski definition) is 1. The fraction of sp³-hybridized carbons (Fsp3) is 0.500. The number of anilines is 1. The minimum atomic E-state index is 0.615. The van der Waals surface area contributed by atoms with Gasteiger partial charge in [-0.3, -0.25) is 4.57 Å². The number of unbranched alkanes of at least 4 members (excludes halogenated alkanes) is 1. The molecule has 0 aromatic carbocycles. The van der Waals surface area contributed by atoms with Crippen molar-refractivity contribution in [2.24, 2.45) is 0 Å². The monoisotopic (exact) mass is 246 g/mol. The van der Waals surface area contributed by atoms with Gasteiger partial charge in [-0.05, 0) is 13.3 Å². The normalized spacial score (nSPS) is 10.6. The molecule has 2 rings (SSSR count). The highest BCUT2D eigenvalue weighted by Gasteiger charge is 2.07. The van der Waals surface area contributed by atoms with Gasteiger partial charge in [-0.25, -0.2) is 4.98 Å². The van der Waals surface area contributed by atoms with E-state index < -0.39 is 0 Å². The van der Waals surface area contributed by atoms with Crippen LogP contribution >= 0.6 is 0 Å². The van der Waals surface area contributed by atoms with E-state index in [0.717, 1.165) is 31.6 Å². The maximum atomic E-state index is 4.46. The molecule has 2 heterocycles. The number of rotatable bonds is 6. The molecule has 0 aliphatic rings. The zero-order chi connectivity index (χ0) is 12.8. The summed E-state index contributed by atoms with van der Waals surface area (Å²) in [6.45, 7) is 4.97. The Kier molecular flexibility index (Phi) is 4.22. The minimum Gasteiger partial charge on any atom is -0.354 e. The van der Waals surface area contributed by atoms with Crippen molar-refractivity contribution >= 4 is 5.95 Å². The lowest BCUT2D eigenvalue weighted by molar-refractivity contribution is 0.734. The predicted octanol–water partition coefficient (Wildman–Crippen LogP) is 1.83. The van der Waals surface area contributed by atoms with Crippen LogP contribution in [0.4, 0.5) is 5.95 Å². The van der Waals surface area contributed by atoms with Crippen molar-refractivity contribution in [3.05, 3.63) is 24.5 Å². The molecular weight excluding hydrogens is 228 g/mol. The van der Waals surface area contributed by atoms with Crippen molar-refractivity contribution < 1.29 is 0 Å². The Morgan fingerprint density at radius 2 is 2.11 bits per heavy atom. The van der Waals surface area contributed by atoms with Crippen molar-refractivity contribution in [1.82, 2.24) is 24.5 Å². The van der Waals surface area contributed by atoms with Crippen molar-refractivity contribution in [1.29, 1.82) is 0 Å². The summed E-state index contributed by atoms with van der Waals surface area (Å²) in [5.41, 5.74) is 0. The highest BCUT2D eigenvalue weighted by molar-refractivity contribution is 5.28. The third kappa shape index (κ3) is 3.03. The van der Waals surface area contributed by atoms with Gasteiger partial charge in [0.25, 0.3) is 0 Å². The molecule has 0 unspecified atom stereocenters. The molecule has 2 aromatic rings. The number of aromatic nitrogens is 5. The molecule has 0 amide bonds. The second kappa shape index (κ2) is 6.09. The Hall–Kier alpha value is -1.98. The first kappa shape index (κ1) is 12.5. The number of nitrogens with zero attached hydrogens (tertiary/aromatic N) is 5. The van der Waals surface area contributed by atoms with Gasteiger partial charge in [0.15, 0.2) is 0 Å². The third-order valence-electron chi connectivity index (χ3n) is 2.49. The number of nitrogens with one attached hydrogen (secondary N) is 1. The molecule has 0 fully saturated rings. The number of aryl methyl sites for hydroxylation is 1.